The van der Waals surface area contributed by atoms with Gasteiger partial charge in [-0.15, -0.1) is 0 Å². The van der Waals surface area contributed by atoms with E-state index in [1.807, 2.05) is 13.1 Å². The molecule has 1 N–H and O–H groups in total. The van der Waals surface area contributed by atoms with Crippen molar-refractivity contribution in [1.29, 1.82) is 0 Å². The number of halogens is 1. The Morgan fingerprint density at radius 3 is 3.00 bits per heavy atom. The Morgan fingerprint density at radius 2 is 2.30 bits per heavy atom. The minimum absolute atomic E-state index is 0.810. The highest BCUT2D eigenvalue weighted by Crippen LogP contribution is 2.34. The Labute approximate surface area is 127 Å². The van der Waals surface area contributed by atoms with E-state index in [1.165, 1.54) is 12.1 Å². The van der Waals surface area contributed by atoms with Gasteiger partial charge >= 0.3 is 0 Å². The molecule has 0 spiro atoms. The lowest BCUT2D eigenvalue weighted by molar-refractivity contribution is 0.412. The summed E-state index contributed by atoms with van der Waals surface area (Å²) in [5.74, 6) is 1.97. The summed E-state index contributed by atoms with van der Waals surface area (Å²) in [4.78, 5) is 4.83. The minimum Gasteiger partial charge on any atom is -0.496 e. The molecular formula is C15H18BrN3O. The van der Waals surface area contributed by atoms with Crippen molar-refractivity contribution in [3.8, 4) is 17.0 Å². The van der Waals surface area contributed by atoms with Crippen LogP contribution in [-0.2, 0) is 19.5 Å². The molecule has 1 aromatic heterocycles. The molecule has 0 unspecified atom stereocenters. The topological polar surface area (TPSA) is 39.1 Å². The third-order valence-electron chi connectivity index (χ3n) is 3.71. The third-order valence-corrected chi connectivity index (χ3v) is 4.33. The molecule has 0 fully saturated rings. The maximum atomic E-state index is 5.29. The van der Waals surface area contributed by atoms with Crippen LogP contribution in [0.4, 0.5) is 0 Å². The number of aromatic nitrogens is 2. The quantitative estimate of drug-likeness (QED) is 0.933. The summed E-state index contributed by atoms with van der Waals surface area (Å²) in [6, 6.07) is 6.15. The van der Waals surface area contributed by atoms with Crippen LogP contribution in [0.2, 0.25) is 0 Å². The molecule has 1 aliphatic heterocycles. The average Bonchev–Trinajstić information content (AvgIpc) is 3.03. The van der Waals surface area contributed by atoms with Crippen LogP contribution < -0.4 is 10.1 Å². The van der Waals surface area contributed by atoms with Crippen molar-refractivity contribution >= 4 is 15.9 Å². The SMILES string of the molecule is CNCc1nc(-c2ccc(OC)c(Br)c2)c2n1CCC2. The van der Waals surface area contributed by atoms with Crippen molar-refractivity contribution < 1.29 is 4.74 Å². The highest BCUT2D eigenvalue weighted by Gasteiger charge is 2.22. The van der Waals surface area contributed by atoms with Crippen molar-refractivity contribution in [3.05, 3.63) is 34.2 Å². The van der Waals surface area contributed by atoms with E-state index in [9.17, 15) is 0 Å². The summed E-state index contributed by atoms with van der Waals surface area (Å²) in [5.41, 5.74) is 3.61. The van der Waals surface area contributed by atoms with E-state index < -0.39 is 0 Å². The molecule has 2 heterocycles. The summed E-state index contributed by atoms with van der Waals surface area (Å²) >= 11 is 3.55. The number of methoxy groups -OCH3 is 1. The first-order chi connectivity index (χ1) is 9.74. The van der Waals surface area contributed by atoms with E-state index in [1.54, 1.807) is 7.11 Å². The Kier molecular flexibility index (Phi) is 3.81. The van der Waals surface area contributed by atoms with E-state index in [4.69, 9.17) is 9.72 Å². The zero-order chi connectivity index (χ0) is 14.1. The zero-order valence-corrected chi connectivity index (χ0v) is 13.3. The van der Waals surface area contributed by atoms with Gasteiger partial charge in [0.25, 0.3) is 0 Å². The minimum atomic E-state index is 0.810. The lowest BCUT2D eigenvalue weighted by atomic mass is 10.1. The fraction of sp³-hybridized carbons (Fsp3) is 0.400. The second-order valence-electron chi connectivity index (χ2n) is 4.96. The fourth-order valence-electron chi connectivity index (χ4n) is 2.80. The molecule has 106 valence electrons. The summed E-state index contributed by atoms with van der Waals surface area (Å²) in [6.45, 7) is 1.89. The second kappa shape index (κ2) is 5.58. The maximum absolute atomic E-state index is 5.29. The van der Waals surface area contributed by atoms with Gasteiger partial charge in [0.2, 0.25) is 0 Å². The van der Waals surface area contributed by atoms with Crippen LogP contribution in [0.15, 0.2) is 22.7 Å². The Bertz CT molecular complexity index is 636. The molecule has 0 atom stereocenters. The first kappa shape index (κ1) is 13.6. The number of nitrogens with one attached hydrogen (secondary N) is 1. The Balaban J connectivity index is 2.06. The van der Waals surface area contributed by atoms with Crippen LogP contribution in [0.5, 0.6) is 5.75 Å². The molecule has 0 saturated heterocycles. The lowest BCUT2D eigenvalue weighted by Crippen LogP contribution is -2.11. The second-order valence-corrected chi connectivity index (χ2v) is 5.81. The summed E-state index contributed by atoms with van der Waals surface area (Å²) in [5, 5.41) is 3.20. The van der Waals surface area contributed by atoms with Gasteiger partial charge in [-0.1, -0.05) is 0 Å². The number of hydrogen-bond acceptors (Lipinski definition) is 3. The van der Waals surface area contributed by atoms with Gasteiger partial charge in [0.1, 0.15) is 11.6 Å². The molecule has 1 aliphatic rings. The molecular weight excluding hydrogens is 318 g/mol. The van der Waals surface area contributed by atoms with Gasteiger partial charge in [-0.3, -0.25) is 0 Å². The smallest absolute Gasteiger partial charge is 0.133 e. The van der Waals surface area contributed by atoms with Crippen molar-refractivity contribution in [2.45, 2.75) is 25.9 Å². The molecule has 0 radical (unpaired) electrons. The monoisotopic (exact) mass is 335 g/mol. The van der Waals surface area contributed by atoms with E-state index >= 15 is 0 Å². The van der Waals surface area contributed by atoms with E-state index in [0.29, 0.717) is 0 Å². The zero-order valence-electron chi connectivity index (χ0n) is 11.7. The van der Waals surface area contributed by atoms with Gasteiger partial charge in [-0.2, -0.15) is 0 Å². The molecule has 1 aromatic carbocycles. The Morgan fingerprint density at radius 1 is 1.45 bits per heavy atom. The number of nitrogens with zero attached hydrogens (tertiary/aromatic N) is 2. The van der Waals surface area contributed by atoms with Crippen molar-refractivity contribution in [2.75, 3.05) is 14.2 Å². The molecule has 20 heavy (non-hydrogen) atoms. The van der Waals surface area contributed by atoms with Crippen LogP contribution in [0.3, 0.4) is 0 Å². The van der Waals surface area contributed by atoms with Gasteiger partial charge in [0.15, 0.2) is 0 Å². The highest BCUT2D eigenvalue weighted by molar-refractivity contribution is 9.10. The summed E-state index contributed by atoms with van der Waals surface area (Å²) in [6.07, 6.45) is 2.31. The first-order valence-corrected chi connectivity index (χ1v) is 7.60. The molecule has 3 rings (SSSR count). The van der Waals surface area contributed by atoms with Gasteiger partial charge in [0.05, 0.1) is 23.8 Å². The largest absolute Gasteiger partial charge is 0.496 e. The summed E-state index contributed by atoms with van der Waals surface area (Å²) in [7, 11) is 3.64. The maximum Gasteiger partial charge on any atom is 0.133 e. The van der Waals surface area contributed by atoms with Crippen molar-refractivity contribution in [2.24, 2.45) is 0 Å². The lowest BCUT2D eigenvalue weighted by Gasteiger charge is -2.05. The van der Waals surface area contributed by atoms with Crippen LogP contribution in [-0.4, -0.2) is 23.7 Å². The number of imidazole rings is 1. The number of hydrogen-bond donors (Lipinski definition) is 1. The first-order valence-electron chi connectivity index (χ1n) is 6.81. The van der Waals surface area contributed by atoms with Gasteiger partial charge < -0.3 is 14.6 Å². The van der Waals surface area contributed by atoms with Crippen molar-refractivity contribution in [3.63, 3.8) is 0 Å². The standard InChI is InChI=1S/C15H18BrN3O/c1-17-9-14-18-15(12-4-3-7-19(12)14)10-5-6-13(20-2)11(16)8-10/h5-6,8,17H,3-4,7,9H2,1-2H3. The number of ether oxygens (including phenoxy) is 1. The normalized spacial score (nSPS) is 13.6. The van der Waals surface area contributed by atoms with Crippen LogP contribution in [0.1, 0.15) is 17.9 Å². The number of benzene rings is 1. The predicted octanol–water partition coefficient (Wildman–Crippen LogP) is 2.99. The number of fused-ring (bicyclic) bond motifs is 1. The summed E-state index contributed by atoms with van der Waals surface area (Å²) < 4.78 is 8.61. The van der Waals surface area contributed by atoms with Crippen molar-refractivity contribution in [1.82, 2.24) is 14.9 Å². The molecule has 2 aromatic rings. The van der Waals surface area contributed by atoms with Crippen LogP contribution >= 0.6 is 15.9 Å². The highest BCUT2D eigenvalue weighted by atomic mass is 79.9. The molecule has 0 saturated carbocycles. The molecule has 0 bridgehead atoms. The molecule has 0 amide bonds. The third kappa shape index (κ3) is 2.25. The molecule has 4 nitrogen and oxygen atoms in total. The Hall–Kier alpha value is -1.33. The van der Waals surface area contributed by atoms with Crippen LogP contribution in [0.25, 0.3) is 11.3 Å². The number of rotatable bonds is 4. The van der Waals surface area contributed by atoms with Gasteiger partial charge in [-0.05, 0) is 54.0 Å². The van der Waals surface area contributed by atoms with Crippen LogP contribution in [0, 0.1) is 0 Å². The van der Waals surface area contributed by atoms with E-state index in [-0.39, 0.29) is 0 Å². The molecule has 0 aliphatic carbocycles. The van der Waals surface area contributed by atoms with Gasteiger partial charge in [0, 0.05) is 17.8 Å². The van der Waals surface area contributed by atoms with E-state index in [0.717, 1.165) is 46.8 Å². The van der Waals surface area contributed by atoms with E-state index in [2.05, 4.69) is 37.9 Å². The average molecular weight is 336 g/mol. The molecule has 5 heteroatoms. The predicted molar refractivity (Wildman–Crippen MR) is 83.0 cm³/mol. The van der Waals surface area contributed by atoms with Gasteiger partial charge in [-0.25, -0.2) is 4.98 Å². The fourth-order valence-corrected chi connectivity index (χ4v) is 3.34.